The number of aliphatic imine (C=N–C) groups is 2. The standard InChI is InChI=1S/C42H40N6/c1-3-7-33(8-4-1)23-25-43-31-39-19-15-35(27-45-39)11-13-37-17-21-41(47-29-37)42-22-18-38(30-48-42)14-12-36-16-20-40(46-28-36)32-44-26-24-34-9-5-2-6-10-34/h1-10,15-22,27-32H,11-14,23-26H2. The maximum atomic E-state index is 4.70. The van der Waals surface area contributed by atoms with Gasteiger partial charge in [0, 0.05) is 50.3 Å². The van der Waals surface area contributed by atoms with Gasteiger partial charge in [0.1, 0.15) is 0 Å². The Hall–Kier alpha value is -5.62. The SMILES string of the molecule is C(=NCCc1ccccc1)c1ccc(CCc2ccc(-c3ccc(CCc4ccc(C=NCCc5ccccc5)nc4)cn3)nc2)cn1. The molecule has 0 saturated heterocycles. The molecule has 0 aliphatic rings. The summed E-state index contributed by atoms with van der Waals surface area (Å²) in [6.07, 6.45) is 17.0. The Labute approximate surface area is 283 Å². The molecule has 4 heterocycles. The summed E-state index contributed by atoms with van der Waals surface area (Å²) in [5, 5.41) is 0. The third kappa shape index (κ3) is 10.2. The Morgan fingerprint density at radius 1 is 0.354 bits per heavy atom. The van der Waals surface area contributed by atoms with Gasteiger partial charge in [-0.15, -0.1) is 0 Å². The minimum absolute atomic E-state index is 0.760. The number of hydrogen-bond donors (Lipinski definition) is 0. The highest BCUT2D eigenvalue weighted by atomic mass is 14.8. The zero-order chi connectivity index (χ0) is 32.6. The van der Waals surface area contributed by atoms with E-state index in [1.165, 1.54) is 33.4 Å². The lowest BCUT2D eigenvalue weighted by atomic mass is 10.1. The molecule has 0 amide bonds. The molecule has 6 rings (SSSR count). The van der Waals surface area contributed by atoms with E-state index in [2.05, 4.69) is 105 Å². The van der Waals surface area contributed by atoms with E-state index in [4.69, 9.17) is 9.97 Å². The monoisotopic (exact) mass is 628 g/mol. The third-order valence-electron chi connectivity index (χ3n) is 8.20. The fourth-order valence-corrected chi connectivity index (χ4v) is 5.34. The van der Waals surface area contributed by atoms with Crippen LogP contribution in [0.2, 0.25) is 0 Å². The average molecular weight is 629 g/mol. The first-order valence-electron chi connectivity index (χ1n) is 16.6. The van der Waals surface area contributed by atoms with Gasteiger partial charge in [-0.1, -0.05) is 84.9 Å². The molecule has 0 unspecified atom stereocenters. The van der Waals surface area contributed by atoms with Crippen molar-refractivity contribution in [2.75, 3.05) is 13.1 Å². The molecule has 0 radical (unpaired) electrons. The van der Waals surface area contributed by atoms with Gasteiger partial charge in [0.15, 0.2) is 0 Å². The van der Waals surface area contributed by atoms with E-state index in [9.17, 15) is 0 Å². The van der Waals surface area contributed by atoms with Crippen molar-refractivity contribution < 1.29 is 0 Å². The molecule has 0 atom stereocenters. The molecule has 0 spiro atoms. The van der Waals surface area contributed by atoms with Gasteiger partial charge in [-0.05, 0) is 96.2 Å². The average Bonchev–Trinajstić information content (AvgIpc) is 3.16. The second kappa shape index (κ2) is 17.3. The molecule has 2 aromatic carbocycles. The first-order valence-corrected chi connectivity index (χ1v) is 16.6. The number of rotatable bonds is 15. The second-order valence-corrected chi connectivity index (χ2v) is 11.8. The number of pyridine rings is 4. The minimum atomic E-state index is 0.760. The summed E-state index contributed by atoms with van der Waals surface area (Å²) in [6, 6.07) is 37.6. The normalized spacial score (nSPS) is 11.4. The van der Waals surface area contributed by atoms with E-state index >= 15 is 0 Å². The van der Waals surface area contributed by atoms with Crippen LogP contribution in [0.5, 0.6) is 0 Å². The van der Waals surface area contributed by atoms with Crippen molar-refractivity contribution in [3.05, 3.63) is 179 Å². The van der Waals surface area contributed by atoms with Gasteiger partial charge in [0.05, 0.1) is 22.8 Å². The van der Waals surface area contributed by atoms with Gasteiger partial charge in [0.2, 0.25) is 0 Å². The van der Waals surface area contributed by atoms with Crippen LogP contribution < -0.4 is 0 Å². The van der Waals surface area contributed by atoms with Gasteiger partial charge in [-0.3, -0.25) is 29.9 Å². The molecular formula is C42H40N6. The molecule has 4 aromatic heterocycles. The molecule has 0 N–H and O–H groups in total. The van der Waals surface area contributed by atoms with Crippen molar-refractivity contribution in [2.45, 2.75) is 38.5 Å². The molecule has 6 nitrogen and oxygen atoms in total. The predicted molar refractivity (Wildman–Crippen MR) is 196 cm³/mol. The van der Waals surface area contributed by atoms with Crippen LogP contribution in [0.1, 0.15) is 44.8 Å². The summed E-state index contributed by atoms with van der Waals surface area (Å²) < 4.78 is 0. The van der Waals surface area contributed by atoms with Crippen molar-refractivity contribution >= 4 is 12.4 Å². The highest BCUT2D eigenvalue weighted by Crippen LogP contribution is 2.17. The number of hydrogen-bond acceptors (Lipinski definition) is 6. The van der Waals surface area contributed by atoms with E-state index in [-0.39, 0.29) is 0 Å². The third-order valence-corrected chi connectivity index (χ3v) is 8.20. The van der Waals surface area contributed by atoms with Crippen molar-refractivity contribution in [2.24, 2.45) is 9.98 Å². The molecule has 0 fully saturated rings. The molecule has 6 heteroatoms. The van der Waals surface area contributed by atoms with E-state index in [0.29, 0.717) is 0 Å². The van der Waals surface area contributed by atoms with Crippen molar-refractivity contribution in [3.63, 3.8) is 0 Å². The minimum Gasteiger partial charge on any atom is -0.291 e. The number of aromatic nitrogens is 4. The number of aryl methyl sites for hydroxylation is 4. The Kier molecular flexibility index (Phi) is 11.7. The van der Waals surface area contributed by atoms with Gasteiger partial charge in [0.25, 0.3) is 0 Å². The number of benzene rings is 2. The van der Waals surface area contributed by atoms with Gasteiger partial charge < -0.3 is 0 Å². The summed E-state index contributed by atoms with van der Waals surface area (Å²) in [5.74, 6) is 0. The second-order valence-electron chi connectivity index (χ2n) is 11.8. The van der Waals surface area contributed by atoms with Crippen LogP contribution in [0.3, 0.4) is 0 Å². The Morgan fingerprint density at radius 3 is 1.06 bits per heavy atom. The van der Waals surface area contributed by atoms with Crippen LogP contribution in [0.15, 0.2) is 144 Å². The zero-order valence-electron chi connectivity index (χ0n) is 27.2. The van der Waals surface area contributed by atoms with E-state index in [1.807, 2.05) is 61.5 Å². The lowest BCUT2D eigenvalue weighted by Crippen LogP contribution is -1.97. The van der Waals surface area contributed by atoms with E-state index < -0.39 is 0 Å². The summed E-state index contributed by atoms with van der Waals surface area (Å²) in [5.41, 5.74) is 10.9. The topological polar surface area (TPSA) is 76.3 Å². The smallest absolute Gasteiger partial charge is 0.0886 e. The largest absolute Gasteiger partial charge is 0.291 e. The Bertz CT molecular complexity index is 1720. The predicted octanol–water partition coefficient (Wildman–Crippen LogP) is 7.83. The van der Waals surface area contributed by atoms with Crippen LogP contribution in [0, 0.1) is 0 Å². The highest BCUT2D eigenvalue weighted by Gasteiger charge is 2.05. The molecule has 238 valence electrons. The van der Waals surface area contributed by atoms with Crippen molar-refractivity contribution in [3.8, 4) is 11.4 Å². The summed E-state index contributed by atoms with van der Waals surface area (Å²) in [4.78, 5) is 27.6. The quantitative estimate of drug-likeness (QED) is 0.109. The van der Waals surface area contributed by atoms with Gasteiger partial charge in [-0.25, -0.2) is 0 Å². The van der Waals surface area contributed by atoms with Crippen molar-refractivity contribution in [1.29, 1.82) is 0 Å². The zero-order valence-corrected chi connectivity index (χ0v) is 27.2. The molecule has 0 bridgehead atoms. The van der Waals surface area contributed by atoms with Crippen LogP contribution >= 0.6 is 0 Å². The van der Waals surface area contributed by atoms with E-state index in [1.54, 1.807) is 0 Å². The summed E-state index contributed by atoms with van der Waals surface area (Å²) >= 11 is 0. The van der Waals surface area contributed by atoms with Crippen LogP contribution in [0.25, 0.3) is 11.4 Å². The first kappa shape index (κ1) is 32.3. The van der Waals surface area contributed by atoms with E-state index in [0.717, 1.165) is 74.4 Å². The Balaban J connectivity index is 0.912. The van der Waals surface area contributed by atoms with Crippen LogP contribution in [-0.4, -0.2) is 45.5 Å². The molecule has 48 heavy (non-hydrogen) atoms. The number of nitrogens with zero attached hydrogens (tertiary/aromatic N) is 6. The Morgan fingerprint density at radius 2 is 0.729 bits per heavy atom. The first-order chi connectivity index (χ1) is 23.8. The van der Waals surface area contributed by atoms with Gasteiger partial charge >= 0.3 is 0 Å². The fourth-order valence-electron chi connectivity index (χ4n) is 5.34. The maximum Gasteiger partial charge on any atom is 0.0886 e. The molecule has 0 saturated carbocycles. The highest BCUT2D eigenvalue weighted by molar-refractivity contribution is 5.77. The maximum absolute atomic E-state index is 4.70. The summed E-state index contributed by atoms with van der Waals surface area (Å²) in [7, 11) is 0. The lowest BCUT2D eigenvalue weighted by Gasteiger charge is -2.06. The molecule has 0 aliphatic heterocycles. The lowest BCUT2D eigenvalue weighted by molar-refractivity contribution is 0.936. The molecule has 0 aliphatic carbocycles. The fraction of sp³-hybridized carbons (Fsp3) is 0.190. The van der Waals surface area contributed by atoms with Crippen LogP contribution in [0.4, 0.5) is 0 Å². The molecule has 6 aromatic rings. The van der Waals surface area contributed by atoms with Gasteiger partial charge in [-0.2, -0.15) is 0 Å². The molecular weight excluding hydrogens is 589 g/mol. The van der Waals surface area contributed by atoms with Crippen LogP contribution in [-0.2, 0) is 38.5 Å². The van der Waals surface area contributed by atoms with Crippen molar-refractivity contribution in [1.82, 2.24) is 19.9 Å². The summed E-state index contributed by atoms with van der Waals surface area (Å²) in [6.45, 7) is 1.52.